The number of nitriles is 1. The van der Waals surface area contributed by atoms with Crippen molar-refractivity contribution in [1.82, 2.24) is 4.57 Å². The van der Waals surface area contributed by atoms with Crippen LogP contribution in [0.4, 0.5) is 18.9 Å². The molecule has 0 aliphatic heterocycles. The zero-order chi connectivity index (χ0) is 23.6. The average Bonchev–Trinajstić information content (AvgIpc) is 3.36. The lowest BCUT2D eigenvalue weighted by molar-refractivity contribution is -0.137. The highest BCUT2D eigenvalue weighted by Crippen LogP contribution is 2.39. The van der Waals surface area contributed by atoms with E-state index in [0.717, 1.165) is 47.4 Å². The summed E-state index contributed by atoms with van der Waals surface area (Å²) in [7, 11) is 2.23. The molecule has 2 aromatic heterocycles. The van der Waals surface area contributed by atoms with E-state index in [2.05, 4.69) is 9.47 Å². The summed E-state index contributed by atoms with van der Waals surface area (Å²) in [4.78, 5) is 24.3. The monoisotopic (exact) mass is 465 g/mol. The largest absolute Gasteiger partial charge is 0.465 e. The highest BCUT2D eigenvalue weighted by atomic mass is 32.1. The Bertz CT molecular complexity index is 1240. The number of anilines is 1. The molecule has 0 fully saturated rings. The lowest BCUT2D eigenvalue weighted by Gasteiger charge is -2.17. The van der Waals surface area contributed by atoms with Gasteiger partial charge in [-0.3, -0.25) is 0 Å². The predicted octanol–water partition coefficient (Wildman–Crippen LogP) is 4.38. The molecule has 0 saturated carbocycles. The number of thiophene rings is 1. The summed E-state index contributed by atoms with van der Waals surface area (Å²) in [5, 5.41) is 10.8. The Labute approximate surface area is 183 Å². The van der Waals surface area contributed by atoms with E-state index >= 15 is 0 Å². The Balaban J connectivity index is 2.26. The van der Waals surface area contributed by atoms with Gasteiger partial charge in [-0.15, -0.1) is 11.3 Å². The van der Waals surface area contributed by atoms with Crippen molar-refractivity contribution >= 4 is 29.0 Å². The quantitative estimate of drug-likeness (QED) is 0.556. The molecule has 0 aliphatic carbocycles. The molecule has 32 heavy (non-hydrogen) atoms. The van der Waals surface area contributed by atoms with E-state index in [1.54, 1.807) is 6.07 Å². The fraction of sp³-hybridized carbons (Fsp3) is 0.150. The van der Waals surface area contributed by atoms with Gasteiger partial charge in [0, 0.05) is 6.20 Å². The topological polar surface area (TPSA) is 117 Å². The number of nitrogens with zero attached hydrogens (tertiary/aromatic N) is 2. The molecule has 0 saturated heterocycles. The van der Waals surface area contributed by atoms with Gasteiger partial charge in [0.2, 0.25) is 0 Å². The van der Waals surface area contributed by atoms with Gasteiger partial charge in [-0.1, -0.05) is 0 Å². The van der Waals surface area contributed by atoms with Crippen molar-refractivity contribution in [3.63, 3.8) is 0 Å². The number of esters is 2. The second-order valence-corrected chi connectivity index (χ2v) is 7.08. The third-order valence-electron chi connectivity index (χ3n) is 4.31. The number of nitrogen functional groups attached to an aromatic ring is 1. The van der Waals surface area contributed by atoms with Gasteiger partial charge < -0.3 is 24.5 Å². The van der Waals surface area contributed by atoms with Gasteiger partial charge in [-0.2, -0.15) is 18.4 Å². The summed E-state index contributed by atoms with van der Waals surface area (Å²) in [5.74, 6) is -1.79. The Morgan fingerprint density at radius 3 is 2.41 bits per heavy atom. The fourth-order valence-electron chi connectivity index (χ4n) is 2.81. The maximum absolute atomic E-state index is 13.4. The lowest BCUT2D eigenvalue weighted by atomic mass is 10.1. The van der Waals surface area contributed by atoms with Crippen molar-refractivity contribution in [2.24, 2.45) is 0 Å². The molecule has 0 bridgehead atoms. The third-order valence-corrected chi connectivity index (χ3v) is 5.18. The minimum atomic E-state index is -4.71. The highest BCUT2D eigenvalue weighted by Gasteiger charge is 2.33. The highest BCUT2D eigenvalue weighted by molar-refractivity contribution is 7.12. The number of nitrogens with two attached hydrogens (primary N) is 1. The molecule has 166 valence electrons. The summed E-state index contributed by atoms with van der Waals surface area (Å²) >= 11 is 1.01. The molecule has 3 aromatic rings. The smallest absolute Gasteiger partial charge is 0.416 e. The second-order valence-electron chi connectivity index (χ2n) is 6.17. The van der Waals surface area contributed by atoms with Gasteiger partial charge in [0.1, 0.15) is 6.07 Å². The Hall–Kier alpha value is -3.98. The van der Waals surface area contributed by atoms with E-state index in [1.807, 2.05) is 0 Å². The first-order valence-electron chi connectivity index (χ1n) is 8.66. The van der Waals surface area contributed by atoms with Gasteiger partial charge in [0.15, 0.2) is 22.1 Å². The minimum absolute atomic E-state index is 0.0307. The lowest BCUT2D eigenvalue weighted by Crippen LogP contribution is -2.13. The van der Waals surface area contributed by atoms with Crippen LogP contribution >= 0.6 is 11.3 Å². The molecule has 2 heterocycles. The van der Waals surface area contributed by atoms with Crippen LogP contribution in [-0.4, -0.2) is 30.7 Å². The van der Waals surface area contributed by atoms with Crippen LogP contribution in [0.1, 0.15) is 31.3 Å². The van der Waals surface area contributed by atoms with Crippen LogP contribution in [0.2, 0.25) is 0 Å². The molecule has 12 heteroatoms. The zero-order valence-electron chi connectivity index (χ0n) is 16.5. The van der Waals surface area contributed by atoms with Crippen molar-refractivity contribution in [1.29, 1.82) is 5.26 Å². The average molecular weight is 465 g/mol. The van der Waals surface area contributed by atoms with E-state index in [9.17, 15) is 28.0 Å². The maximum atomic E-state index is 13.4. The fourth-order valence-corrected chi connectivity index (χ4v) is 3.54. The number of rotatable bonds is 5. The summed E-state index contributed by atoms with van der Waals surface area (Å²) in [6, 6.07) is 5.74. The summed E-state index contributed by atoms with van der Waals surface area (Å²) < 4.78 is 56.3. The van der Waals surface area contributed by atoms with Crippen molar-refractivity contribution < 1.29 is 37.0 Å². The Morgan fingerprint density at radius 1 is 1.12 bits per heavy atom. The number of hydrogen-bond donors (Lipinski definition) is 1. The van der Waals surface area contributed by atoms with E-state index in [0.29, 0.717) is 0 Å². The number of halogens is 3. The van der Waals surface area contributed by atoms with Crippen molar-refractivity contribution in [3.8, 4) is 23.3 Å². The molecule has 0 radical (unpaired) electrons. The van der Waals surface area contributed by atoms with Crippen LogP contribution in [0.5, 0.6) is 11.5 Å². The number of benzene rings is 1. The first kappa shape index (κ1) is 22.7. The van der Waals surface area contributed by atoms with Crippen LogP contribution < -0.4 is 10.5 Å². The normalized spacial score (nSPS) is 11.0. The summed E-state index contributed by atoms with van der Waals surface area (Å²) in [6.45, 7) is 0. The minimum Gasteiger partial charge on any atom is -0.465 e. The van der Waals surface area contributed by atoms with E-state index in [1.165, 1.54) is 18.6 Å². The first-order chi connectivity index (χ1) is 15.1. The van der Waals surface area contributed by atoms with Gasteiger partial charge in [-0.05, 0) is 29.6 Å². The van der Waals surface area contributed by atoms with E-state index in [4.69, 9.17) is 10.5 Å². The van der Waals surface area contributed by atoms with Gasteiger partial charge in [0.25, 0.3) is 0 Å². The van der Waals surface area contributed by atoms with Gasteiger partial charge >= 0.3 is 18.1 Å². The van der Waals surface area contributed by atoms with Gasteiger partial charge in [0.05, 0.1) is 36.7 Å². The number of hydrogen-bond acceptors (Lipinski definition) is 8. The van der Waals surface area contributed by atoms with Gasteiger partial charge in [-0.25, -0.2) is 9.59 Å². The van der Waals surface area contributed by atoms with Crippen molar-refractivity contribution in [2.45, 2.75) is 6.18 Å². The van der Waals surface area contributed by atoms with Crippen molar-refractivity contribution in [2.75, 3.05) is 20.0 Å². The number of aromatic nitrogens is 1. The predicted molar refractivity (Wildman–Crippen MR) is 107 cm³/mol. The SMILES string of the molecule is COC(=O)c1sccc1Oc1ccc(C(F)(F)F)cc1-n1cc(C#N)c(N)c1C(=O)OC. The van der Waals surface area contributed by atoms with Crippen LogP contribution in [0.3, 0.4) is 0 Å². The molecule has 8 nitrogen and oxygen atoms in total. The Morgan fingerprint density at radius 2 is 1.81 bits per heavy atom. The molecule has 0 amide bonds. The Kier molecular flexibility index (Phi) is 6.13. The number of ether oxygens (including phenoxy) is 3. The molecule has 0 atom stereocenters. The first-order valence-corrected chi connectivity index (χ1v) is 9.54. The summed E-state index contributed by atoms with van der Waals surface area (Å²) in [6.07, 6.45) is -3.62. The van der Waals surface area contributed by atoms with Crippen LogP contribution in [0, 0.1) is 11.3 Å². The summed E-state index contributed by atoms with van der Waals surface area (Å²) in [5.41, 5.74) is 3.78. The molecular formula is C20H14F3N3O5S. The second kappa shape index (κ2) is 8.64. The van der Waals surface area contributed by atoms with Crippen LogP contribution in [0.25, 0.3) is 5.69 Å². The molecule has 0 aliphatic rings. The number of methoxy groups -OCH3 is 2. The number of carbonyl (C=O) groups is 2. The number of alkyl halides is 3. The molecule has 0 spiro atoms. The third kappa shape index (κ3) is 4.10. The van der Waals surface area contributed by atoms with Crippen LogP contribution in [-0.2, 0) is 15.7 Å². The molecule has 0 unspecified atom stereocenters. The number of carbonyl (C=O) groups excluding carboxylic acids is 2. The van der Waals surface area contributed by atoms with Crippen molar-refractivity contribution in [3.05, 3.63) is 57.5 Å². The molecular weight excluding hydrogens is 451 g/mol. The van der Waals surface area contributed by atoms with Crippen LogP contribution in [0.15, 0.2) is 35.8 Å². The maximum Gasteiger partial charge on any atom is 0.416 e. The zero-order valence-corrected chi connectivity index (χ0v) is 17.3. The molecule has 3 rings (SSSR count). The van der Waals surface area contributed by atoms with E-state index in [-0.39, 0.29) is 39.0 Å². The van der Waals surface area contributed by atoms with E-state index < -0.39 is 23.7 Å². The molecule has 2 N–H and O–H groups in total. The standard InChI is InChI=1S/C20H14F3N3O5S/c1-29-18(27)16-15(25)10(8-24)9-26(16)12-7-11(20(21,22)23)3-4-13(12)31-14-5-6-32-17(14)19(28)30-2/h3-7,9H,25H2,1-2H3. The molecule has 1 aromatic carbocycles.